The molecule has 1 aromatic carbocycles. The highest BCUT2D eigenvalue weighted by atomic mass is 19.4. The van der Waals surface area contributed by atoms with E-state index in [1.54, 1.807) is 12.1 Å². The van der Waals surface area contributed by atoms with Crippen molar-refractivity contribution in [2.75, 3.05) is 19.6 Å². The van der Waals surface area contributed by atoms with Crippen molar-refractivity contribution in [3.05, 3.63) is 58.4 Å². The third kappa shape index (κ3) is 5.53. The maximum atomic E-state index is 12.7. The van der Waals surface area contributed by atoms with Crippen LogP contribution in [0.15, 0.2) is 52.3 Å². The topological polar surface area (TPSA) is 30.9 Å². The van der Waals surface area contributed by atoms with Gasteiger partial charge in [0.15, 0.2) is 0 Å². The lowest BCUT2D eigenvalue weighted by molar-refractivity contribution is -0.137. The van der Waals surface area contributed by atoms with Crippen LogP contribution < -0.4 is 5.43 Å². The number of hydrogen-bond acceptors (Lipinski definition) is 4. The van der Waals surface area contributed by atoms with Gasteiger partial charge in [-0.3, -0.25) is 9.89 Å². The Labute approximate surface area is 177 Å². The minimum absolute atomic E-state index is 0.0776. The monoisotopic (exact) mass is 418 g/mol. The number of hydrazine groups is 1. The smallest absolute Gasteiger partial charge is 0.309 e. The van der Waals surface area contributed by atoms with Crippen molar-refractivity contribution >= 4 is 6.21 Å². The number of allylic oxidation sites excluding steroid dienone is 1. The van der Waals surface area contributed by atoms with Crippen LogP contribution in [0.5, 0.6) is 0 Å². The number of benzene rings is 1. The van der Waals surface area contributed by atoms with Gasteiger partial charge in [-0.2, -0.15) is 13.2 Å². The number of nitrogens with zero attached hydrogens (tertiary/aromatic N) is 3. The quantitative estimate of drug-likeness (QED) is 0.559. The van der Waals surface area contributed by atoms with E-state index in [1.165, 1.54) is 11.3 Å². The van der Waals surface area contributed by atoms with E-state index in [9.17, 15) is 13.2 Å². The van der Waals surface area contributed by atoms with E-state index in [4.69, 9.17) is 0 Å². The standard InChI is InChI=1S/C21H27F3N4.C2H2/c1-4-10-25-18(5-2)20-15(3)19-14-27(11-12-28(19)26-20)13-16-6-8-17(9-7-16)21(22,23)24;1-2/h5-10,20,26H,4,11-14H2,1-3H3;1-2H/b18-5-,25-10?;. The van der Waals surface area contributed by atoms with Crippen LogP contribution in [0.4, 0.5) is 13.2 Å². The van der Waals surface area contributed by atoms with Gasteiger partial charge in [-0.25, -0.2) is 5.43 Å². The summed E-state index contributed by atoms with van der Waals surface area (Å²) in [7, 11) is 0. The summed E-state index contributed by atoms with van der Waals surface area (Å²) < 4.78 is 38.2. The number of fused-ring (bicyclic) bond motifs is 1. The van der Waals surface area contributed by atoms with Crippen molar-refractivity contribution in [3.63, 3.8) is 0 Å². The fourth-order valence-corrected chi connectivity index (χ4v) is 3.64. The number of alkyl halides is 3. The van der Waals surface area contributed by atoms with Gasteiger partial charge in [-0.1, -0.05) is 25.1 Å². The number of piperazine rings is 1. The zero-order valence-corrected chi connectivity index (χ0v) is 17.7. The molecule has 7 heteroatoms. The second-order valence-corrected chi connectivity index (χ2v) is 7.18. The van der Waals surface area contributed by atoms with Gasteiger partial charge in [0, 0.05) is 38.1 Å². The number of halogens is 3. The largest absolute Gasteiger partial charge is 0.416 e. The molecule has 3 rings (SSSR count). The average molecular weight is 419 g/mol. The number of terminal acetylenes is 1. The highest BCUT2D eigenvalue weighted by Crippen LogP contribution is 2.31. The van der Waals surface area contributed by atoms with Gasteiger partial charge in [0.2, 0.25) is 0 Å². The highest BCUT2D eigenvalue weighted by Gasteiger charge is 2.34. The number of nitrogens with one attached hydrogen (secondary N) is 1. The normalized spacial score (nSPS) is 20.3. The molecule has 0 bridgehead atoms. The molecule has 2 heterocycles. The lowest BCUT2D eigenvalue weighted by Crippen LogP contribution is -2.48. The Morgan fingerprint density at radius 1 is 1.23 bits per heavy atom. The minimum atomic E-state index is -4.29. The zero-order valence-electron chi connectivity index (χ0n) is 17.7. The summed E-state index contributed by atoms with van der Waals surface area (Å²) in [5.41, 5.74) is 7.32. The van der Waals surface area contributed by atoms with Gasteiger partial charge in [-0.15, -0.1) is 12.8 Å². The van der Waals surface area contributed by atoms with Crippen LogP contribution in [0, 0.1) is 12.8 Å². The van der Waals surface area contributed by atoms with Crippen molar-refractivity contribution in [1.82, 2.24) is 15.3 Å². The Hall–Kier alpha value is -2.56. The van der Waals surface area contributed by atoms with Gasteiger partial charge >= 0.3 is 6.18 Å². The van der Waals surface area contributed by atoms with Gasteiger partial charge in [0.05, 0.1) is 17.3 Å². The van der Waals surface area contributed by atoms with Crippen molar-refractivity contribution in [2.24, 2.45) is 4.99 Å². The molecule has 0 saturated carbocycles. The van der Waals surface area contributed by atoms with Crippen molar-refractivity contribution in [3.8, 4) is 12.8 Å². The molecule has 0 aromatic heterocycles. The molecular weight excluding hydrogens is 389 g/mol. The SMILES string of the molecule is C#C.C/C=C(\N=CCC)C1NN2CCN(Cc3ccc(C(F)(F)F)cc3)CC2=C1C. The second-order valence-electron chi connectivity index (χ2n) is 7.18. The predicted molar refractivity (Wildman–Crippen MR) is 115 cm³/mol. The van der Waals surface area contributed by atoms with E-state index in [0.29, 0.717) is 6.54 Å². The summed E-state index contributed by atoms with van der Waals surface area (Å²) >= 11 is 0. The zero-order chi connectivity index (χ0) is 22.3. The molecule has 1 fully saturated rings. The summed E-state index contributed by atoms with van der Waals surface area (Å²) in [6, 6.07) is 5.54. The molecule has 1 atom stereocenters. The van der Waals surface area contributed by atoms with Crippen LogP contribution in [-0.2, 0) is 12.7 Å². The van der Waals surface area contributed by atoms with Crippen LogP contribution >= 0.6 is 0 Å². The molecule has 1 unspecified atom stereocenters. The summed E-state index contributed by atoms with van der Waals surface area (Å²) in [6.45, 7) is 9.27. The fourth-order valence-electron chi connectivity index (χ4n) is 3.64. The number of hydrogen-bond donors (Lipinski definition) is 1. The molecule has 0 aliphatic carbocycles. The van der Waals surface area contributed by atoms with Crippen LogP contribution in [0.25, 0.3) is 0 Å². The van der Waals surface area contributed by atoms with Crippen molar-refractivity contribution < 1.29 is 13.2 Å². The van der Waals surface area contributed by atoms with Crippen LogP contribution in [-0.4, -0.2) is 41.8 Å². The summed E-state index contributed by atoms with van der Waals surface area (Å²) in [6.07, 6.45) is 8.56. The van der Waals surface area contributed by atoms with Crippen LogP contribution in [0.2, 0.25) is 0 Å². The molecule has 0 amide bonds. The Balaban J connectivity index is 0.00000155. The van der Waals surface area contributed by atoms with Crippen LogP contribution in [0.3, 0.4) is 0 Å². The summed E-state index contributed by atoms with van der Waals surface area (Å²) in [5.74, 6) is 0. The van der Waals surface area contributed by atoms with Crippen LogP contribution in [0.1, 0.15) is 38.3 Å². The first-order valence-corrected chi connectivity index (χ1v) is 9.97. The number of aliphatic imine (C=N–C) groups is 1. The molecule has 1 N–H and O–H groups in total. The van der Waals surface area contributed by atoms with E-state index < -0.39 is 11.7 Å². The predicted octanol–water partition coefficient (Wildman–Crippen LogP) is 4.62. The lowest BCUT2D eigenvalue weighted by atomic mass is 10.0. The molecule has 1 aromatic rings. The second kappa shape index (κ2) is 10.5. The molecule has 162 valence electrons. The van der Waals surface area contributed by atoms with E-state index in [2.05, 4.69) is 47.0 Å². The molecule has 0 spiro atoms. The summed E-state index contributed by atoms with van der Waals surface area (Å²) in [4.78, 5) is 6.84. The molecular formula is C23H29F3N4. The van der Waals surface area contributed by atoms with E-state index in [-0.39, 0.29) is 6.04 Å². The molecule has 2 aliphatic heterocycles. The molecule has 4 nitrogen and oxygen atoms in total. The lowest BCUT2D eigenvalue weighted by Gasteiger charge is -2.35. The Kier molecular flexibility index (Phi) is 8.27. The minimum Gasteiger partial charge on any atom is -0.309 e. The van der Waals surface area contributed by atoms with E-state index in [1.807, 2.05) is 19.2 Å². The Morgan fingerprint density at radius 3 is 2.47 bits per heavy atom. The maximum Gasteiger partial charge on any atom is 0.416 e. The highest BCUT2D eigenvalue weighted by molar-refractivity contribution is 5.59. The first kappa shape index (κ1) is 23.7. The Morgan fingerprint density at radius 2 is 1.90 bits per heavy atom. The molecule has 2 aliphatic rings. The third-order valence-electron chi connectivity index (χ3n) is 5.21. The fraction of sp³-hybridized carbons (Fsp3) is 0.435. The molecule has 1 saturated heterocycles. The van der Waals surface area contributed by atoms with Crippen molar-refractivity contribution in [2.45, 2.75) is 46.0 Å². The summed E-state index contributed by atoms with van der Waals surface area (Å²) in [5, 5.41) is 2.19. The van der Waals surface area contributed by atoms with Crippen molar-refractivity contribution in [1.29, 1.82) is 0 Å². The van der Waals surface area contributed by atoms with E-state index in [0.717, 1.165) is 49.4 Å². The van der Waals surface area contributed by atoms with Gasteiger partial charge < -0.3 is 5.01 Å². The molecule has 0 radical (unpaired) electrons. The Bertz CT molecular complexity index is 819. The average Bonchev–Trinajstić information content (AvgIpc) is 3.06. The van der Waals surface area contributed by atoms with Gasteiger partial charge in [-0.05, 0) is 43.5 Å². The first-order valence-electron chi connectivity index (χ1n) is 9.97. The van der Waals surface area contributed by atoms with Gasteiger partial charge in [0.1, 0.15) is 0 Å². The van der Waals surface area contributed by atoms with E-state index >= 15 is 0 Å². The maximum absolute atomic E-state index is 12.7. The van der Waals surface area contributed by atoms with Gasteiger partial charge in [0.25, 0.3) is 0 Å². The number of rotatable bonds is 5. The third-order valence-corrected chi connectivity index (χ3v) is 5.21. The first-order chi connectivity index (χ1) is 14.3. The molecule has 30 heavy (non-hydrogen) atoms.